The van der Waals surface area contributed by atoms with Crippen LogP contribution in [0.15, 0.2) is 42.1 Å². The van der Waals surface area contributed by atoms with Gasteiger partial charge in [0.25, 0.3) is 11.8 Å². The number of imide groups is 1. The molecule has 2 amide bonds. The summed E-state index contributed by atoms with van der Waals surface area (Å²) in [5, 5.41) is 0. The largest absolute Gasteiger partial charge is 0.336 e. The number of carbonyl (C=O) groups is 2. The molecule has 1 heterocycles. The first-order valence-electron chi connectivity index (χ1n) is 7.67. The molecule has 1 aliphatic heterocycles. The number of rotatable bonds is 7. The van der Waals surface area contributed by atoms with E-state index in [2.05, 4.69) is 18.7 Å². The summed E-state index contributed by atoms with van der Waals surface area (Å²) in [6.45, 7) is 7.67. The molecule has 5 nitrogen and oxygen atoms in total. The van der Waals surface area contributed by atoms with Gasteiger partial charge in [0.2, 0.25) is 0 Å². The van der Waals surface area contributed by atoms with Crippen molar-refractivity contribution in [3.8, 4) is 0 Å². The minimum atomic E-state index is -0.260. The molecular weight excluding hydrogens is 278 g/mol. The number of likely N-dealkylation sites (N-methyl/N-ethyl adjacent to an activating group) is 2. The fourth-order valence-electron chi connectivity index (χ4n) is 2.52. The molecular formula is C17H23N3O2. The summed E-state index contributed by atoms with van der Waals surface area (Å²) < 4.78 is 0. The summed E-state index contributed by atoms with van der Waals surface area (Å²) in [4.78, 5) is 29.4. The monoisotopic (exact) mass is 301 g/mol. The lowest BCUT2D eigenvalue weighted by molar-refractivity contribution is -0.135. The van der Waals surface area contributed by atoms with Crippen molar-refractivity contribution in [3.63, 3.8) is 0 Å². The van der Waals surface area contributed by atoms with E-state index in [0.29, 0.717) is 12.2 Å². The standard InChI is InChI=1S/C17H23N3O2/c1-4-19(5-2)11-12-20(14-9-7-6-8-10-14)15-13-16(21)18(3)17(15)22/h6-10,13H,4-5,11-12H2,1-3H3. The summed E-state index contributed by atoms with van der Waals surface area (Å²) in [6, 6.07) is 9.73. The van der Waals surface area contributed by atoms with Gasteiger partial charge in [0.15, 0.2) is 0 Å². The van der Waals surface area contributed by atoms with E-state index in [1.165, 1.54) is 13.1 Å². The van der Waals surface area contributed by atoms with Gasteiger partial charge in [0.05, 0.1) is 0 Å². The van der Waals surface area contributed by atoms with Gasteiger partial charge in [0, 0.05) is 31.9 Å². The van der Waals surface area contributed by atoms with E-state index >= 15 is 0 Å². The molecule has 1 aromatic carbocycles. The molecule has 0 N–H and O–H groups in total. The number of nitrogens with zero attached hydrogens (tertiary/aromatic N) is 3. The van der Waals surface area contributed by atoms with E-state index in [1.54, 1.807) is 0 Å². The van der Waals surface area contributed by atoms with Crippen LogP contribution in [-0.4, -0.2) is 54.8 Å². The first-order valence-corrected chi connectivity index (χ1v) is 7.67. The van der Waals surface area contributed by atoms with Crippen molar-refractivity contribution in [2.75, 3.05) is 38.1 Å². The lowest BCUT2D eigenvalue weighted by Crippen LogP contribution is -2.38. The van der Waals surface area contributed by atoms with Gasteiger partial charge in [-0.2, -0.15) is 0 Å². The molecule has 0 saturated heterocycles. The molecule has 1 aromatic rings. The zero-order chi connectivity index (χ0) is 16.1. The van der Waals surface area contributed by atoms with Gasteiger partial charge in [-0.3, -0.25) is 14.5 Å². The van der Waals surface area contributed by atoms with Crippen molar-refractivity contribution in [1.29, 1.82) is 0 Å². The predicted molar refractivity (Wildman–Crippen MR) is 87.4 cm³/mol. The van der Waals surface area contributed by atoms with E-state index in [0.717, 1.165) is 30.2 Å². The fourth-order valence-corrected chi connectivity index (χ4v) is 2.52. The molecule has 0 spiro atoms. The van der Waals surface area contributed by atoms with Crippen LogP contribution in [0.3, 0.4) is 0 Å². The molecule has 0 bridgehead atoms. The van der Waals surface area contributed by atoms with Crippen molar-refractivity contribution >= 4 is 17.5 Å². The van der Waals surface area contributed by atoms with Crippen LogP contribution in [-0.2, 0) is 9.59 Å². The Hall–Kier alpha value is -2.14. The van der Waals surface area contributed by atoms with Gasteiger partial charge < -0.3 is 9.80 Å². The van der Waals surface area contributed by atoms with E-state index in [-0.39, 0.29) is 11.8 Å². The van der Waals surface area contributed by atoms with E-state index in [9.17, 15) is 9.59 Å². The predicted octanol–water partition coefficient (Wildman–Crippen LogP) is 1.72. The maximum Gasteiger partial charge on any atom is 0.277 e. The molecule has 5 heteroatoms. The Morgan fingerprint density at radius 2 is 1.64 bits per heavy atom. The average Bonchev–Trinajstić information content (AvgIpc) is 2.80. The fraction of sp³-hybridized carbons (Fsp3) is 0.412. The molecule has 2 rings (SSSR count). The number of anilines is 1. The summed E-state index contributed by atoms with van der Waals surface area (Å²) in [7, 11) is 1.52. The molecule has 0 radical (unpaired) electrons. The molecule has 0 fully saturated rings. The third-order valence-electron chi connectivity index (χ3n) is 4.01. The molecule has 1 aliphatic rings. The van der Waals surface area contributed by atoms with Gasteiger partial charge in [-0.25, -0.2) is 0 Å². The van der Waals surface area contributed by atoms with E-state index < -0.39 is 0 Å². The van der Waals surface area contributed by atoms with Crippen LogP contribution >= 0.6 is 0 Å². The minimum Gasteiger partial charge on any atom is -0.336 e. The van der Waals surface area contributed by atoms with E-state index in [1.807, 2.05) is 35.2 Å². The molecule has 118 valence electrons. The number of hydrogen-bond acceptors (Lipinski definition) is 4. The summed E-state index contributed by atoms with van der Waals surface area (Å²) in [5.41, 5.74) is 1.38. The zero-order valence-electron chi connectivity index (χ0n) is 13.5. The Morgan fingerprint density at radius 3 is 2.14 bits per heavy atom. The number of amides is 2. The van der Waals surface area contributed by atoms with Crippen LogP contribution in [0.1, 0.15) is 13.8 Å². The first kappa shape index (κ1) is 16.2. The average molecular weight is 301 g/mol. The number of benzene rings is 1. The van der Waals surface area contributed by atoms with Gasteiger partial charge in [-0.15, -0.1) is 0 Å². The summed E-state index contributed by atoms with van der Waals surface area (Å²) in [6.07, 6.45) is 1.43. The highest BCUT2D eigenvalue weighted by atomic mass is 16.2. The van der Waals surface area contributed by atoms with Gasteiger partial charge >= 0.3 is 0 Å². The molecule has 0 saturated carbocycles. The van der Waals surface area contributed by atoms with Crippen LogP contribution in [0, 0.1) is 0 Å². The van der Waals surface area contributed by atoms with Crippen LogP contribution < -0.4 is 4.90 Å². The van der Waals surface area contributed by atoms with Gasteiger partial charge in [-0.05, 0) is 25.2 Å². The first-order chi connectivity index (χ1) is 10.6. The molecule has 0 aliphatic carbocycles. The van der Waals surface area contributed by atoms with E-state index in [4.69, 9.17) is 0 Å². The summed E-state index contributed by atoms with van der Waals surface area (Å²) >= 11 is 0. The topological polar surface area (TPSA) is 43.9 Å². The molecule has 0 unspecified atom stereocenters. The Morgan fingerprint density at radius 1 is 1.00 bits per heavy atom. The number of carbonyl (C=O) groups excluding carboxylic acids is 2. The van der Waals surface area contributed by atoms with Crippen LogP contribution in [0.4, 0.5) is 5.69 Å². The minimum absolute atomic E-state index is 0.242. The molecule has 22 heavy (non-hydrogen) atoms. The third-order valence-corrected chi connectivity index (χ3v) is 4.01. The second kappa shape index (κ2) is 7.22. The highest BCUT2D eigenvalue weighted by Gasteiger charge is 2.32. The van der Waals surface area contributed by atoms with Crippen molar-refractivity contribution in [3.05, 3.63) is 42.1 Å². The van der Waals surface area contributed by atoms with Crippen molar-refractivity contribution < 1.29 is 9.59 Å². The maximum absolute atomic E-state index is 12.3. The van der Waals surface area contributed by atoms with Crippen molar-refractivity contribution in [2.45, 2.75) is 13.8 Å². The highest BCUT2D eigenvalue weighted by molar-refractivity contribution is 6.17. The quantitative estimate of drug-likeness (QED) is 0.719. The third kappa shape index (κ3) is 3.36. The lowest BCUT2D eigenvalue weighted by atomic mass is 10.2. The summed E-state index contributed by atoms with van der Waals surface area (Å²) in [5.74, 6) is -0.503. The van der Waals surface area contributed by atoms with Crippen LogP contribution in [0.25, 0.3) is 0 Å². The normalized spacial score (nSPS) is 14.7. The Labute approximate surface area is 131 Å². The highest BCUT2D eigenvalue weighted by Crippen LogP contribution is 2.23. The van der Waals surface area contributed by atoms with Crippen LogP contribution in [0.2, 0.25) is 0 Å². The Kier molecular flexibility index (Phi) is 5.33. The SMILES string of the molecule is CCN(CC)CCN(C1=CC(=O)N(C)C1=O)c1ccccc1. The maximum atomic E-state index is 12.3. The zero-order valence-corrected chi connectivity index (χ0v) is 13.5. The van der Waals surface area contributed by atoms with Crippen molar-refractivity contribution in [2.24, 2.45) is 0 Å². The second-order valence-corrected chi connectivity index (χ2v) is 5.25. The second-order valence-electron chi connectivity index (χ2n) is 5.25. The van der Waals surface area contributed by atoms with Crippen molar-refractivity contribution in [1.82, 2.24) is 9.80 Å². The molecule has 0 atom stereocenters. The Balaban J connectivity index is 2.25. The smallest absolute Gasteiger partial charge is 0.277 e. The van der Waals surface area contributed by atoms with Gasteiger partial charge in [0.1, 0.15) is 5.70 Å². The molecule has 0 aromatic heterocycles. The number of para-hydroxylation sites is 1. The Bertz CT molecular complexity index is 565. The number of hydrogen-bond donors (Lipinski definition) is 0. The van der Waals surface area contributed by atoms with Gasteiger partial charge in [-0.1, -0.05) is 32.0 Å². The lowest BCUT2D eigenvalue weighted by Gasteiger charge is -2.28. The van der Waals surface area contributed by atoms with Crippen LogP contribution in [0.5, 0.6) is 0 Å².